The first-order valence-corrected chi connectivity index (χ1v) is 15.2. The first-order valence-electron chi connectivity index (χ1n) is 12.8. The Balaban J connectivity index is 1.35. The summed E-state index contributed by atoms with van der Waals surface area (Å²) in [6, 6.07) is 3.12. The van der Waals surface area contributed by atoms with Gasteiger partial charge < -0.3 is 15.4 Å². The molecule has 2 atom stereocenters. The number of ether oxygens (including phenoxy) is 1. The molecule has 2 aliphatic rings. The minimum atomic E-state index is -3.41. The summed E-state index contributed by atoms with van der Waals surface area (Å²) >= 11 is 1.22. The summed E-state index contributed by atoms with van der Waals surface area (Å²) in [6.07, 6.45) is 11.5. The number of thiazole rings is 1. The lowest BCUT2D eigenvalue weighted by atomic mass is 9.96. The lowest BCUT2D eigenvalue weighted by Gasteiger charge is -2.28. The van der Waals surface area contributed by atoms with Crippen molar-refractivity contribution in [1.29, 1.82) is 0 Å². The molecule has 1 aliphatic carbocycles. The van der Waals surface area contributed by atoms with E-state index in [1.54, 1.807) is 30.7 Å². The third-order valence-electron chi connectivity index (χ3n) is 6.46. The fourth-order valence-corrected chi connectivity index (χ4v) is 6.55. The second-order valence-electron chi connectivity index (χ2n) is 9.43. The van der Waals surface area contributed by atoms with Gasteiger partial charge in [0.2, 0.25) is 15.9 Å². The Morgan fingerprint density at radius 3 is 2.84 bits per heavy atom. The maximum atomic E-state index is 13.3. The predicted octanol–water partition coefficient (Wildman–Crippen LogP) is 3.30. The number of nitrogens with zero attached hydrogens (tertiary/aromatic N) is 4. The molecule has 0 bridgehead atoms. The van der Waals surface area contributed by atoms with Crippen LogP contribution in [-0.4, -0.2) is 58.7 Å². The van der Waals surface area contributed by atoms with E-state index in [9.17, 15) is 13.2 Å². The van der Waals surface area contributed by atoms with Crippen LogP contribution in [0.15, 0.2) is 36.9 Å². The van der Waals surface area contributed by atoms with E-state index in [-0.39, 0.29) is 22.2 Å². The predicted molar refractivity (Wildman–Crippen MR) is 145 cm³/mol. The molecule has 0 radical (unpaired) electrons. The summed E-state index contributed by atoms with van der Waals surface area (Å²) in [4.78, 5) is 31.4. The highest BCUT2D eigenvalue weighted by Crippen LogP contribution is 2.31. The van der Waals surface area contributed by atoms with E-state index in [2.05, 4.69) is 35.3 Å². The molecular formula is C25H31N7O4S2. The van der Waals surface area contributed by atoms with E-state index < -0.39 is 16.1 Å². The molecule has 0 aromatic carbocycles. The van der Waals surface area contributed by atoms with Gasteiger partial charge in [0.25, 0.3) is 5.91 Å². The minimum Gasteiger partial charge on any atom is -0.477 e. The zero-order chi connectivity index (χ0) is 26.5. The van der Waals surface area contributed by atoms with Gasteiger partial charge in [0.15, 0.2) is 5.01 Å². The maximum Gasteiger partial charge on any atom is 0.280 e. The van der Waals surface area contributed by atoms with Crippen molar-refractivity contribution in [2.75, 3.05) is 17.9 Å². The highest BCUT2D eigenvalue weighted by Gasteiger charge is 2.36. The monoisotopic (exact) mass is 557 g/mol. The first kappa shape index (κ1) is 26.4. The standard InChI is InChI=1S/C25H31N7O4S2/c1-2-36-23-15-26-13-21(30-23)22-14-29-25(37-22)24(33)31-20(11-16-5-3-4-9-27-16)19-12-17(8-10-28-19)32-38(34,35)18-6-7-18/h8,10,12-16,18,20,27H,2-7,9,11H2,1H3,(H,28,32)(H,31,33)/t16-,20-/m1/s1. The fourth-order valence-electron chi connectivity index (χ4n) is 4.39. The van der Waals surface area contributed by atoms with Crippen molar-refractivity contribution in [1.82, 2.24) is 30.6 Å². The van der Waals surface area contributed by atoms with Crippen LogP contribution in [0, 0.1) is 0 Å². The van der Waals surface area contributed by atoms with E-state index in [0.29, 0.717) is 53.7 Å². The number of anilines is 1. The number of hydrogen-bond donors (Lipinski definition) is 3. The average molecular weight is 558 g/mol. The Labute approximate surface area is 225 Å². The van der Waals surface area contributed by atoms with Gasteiger partial charge in [0.05, 0.1) is 46.6 Å². The third kappa shape index (κ3) is 6.63. The second kappa shape index (κ2) is 11.7. The number of hydrogen-bond acceptors (Lipinski definition) is 10. The third-order valence-corrected chi connectivity index (χ3v) is 9.34. The van der Waals surface area contributed by atoms with Gasteiger partial charge in [-0.3, -0.25) is 19.5 Å². The largest absolute Gasteiger partial charge is 0.477 e. The lowest BCUT2D eigenvalue weighted by Crippen LogP contribution is -2.39. The summed E-state index contributed by atoms with van der Waals surface area (Å²) in [5.41, 5.74) is 1.61. The quantitative estimate of drug-likeness (QED) is 0.323. The van der Waals surface area contributed by atoms with Gasteiger partial charge in [-0.05, 0) is 57.7 Å². The first-order chi connectivity index (χ1) is 18.4. The molecule has 3 aromatic heterocycles. The van der Waals surface area contributed by atoms with Gasteiger partial charge in [-0.25, -0.2) is 18.4 Å². The molecule has 4 heterocycles. The zero-order valence-corrected chi connectivity index (χ0v) is 22.7. The van der Waals surface area contributed by atoms with Gasteiger partial charge in [-0.2, -0.15) is 0 Å². The van der Waals surface area contributed by atoms with Gasteiger partial charge in [0, 0.05) is 18.4 Å². The number of rotatable bonds is 11. The van der Waals surface area contributed by atoms with Crippen LogP contribution in [0.3, 0.4) is 0 Å². The van der Waals surface area contributed by atoms with Crippen molar-refractivity contribution in [3.8, 4) is 16.5 Å². The van der Waals surface area contributed by atoms with Gasteiger partial charge in [0.1, 0.15) is 5.69 Å². The summed E-state index contributed by atoms with van der Waals surface area (Å²) in [5.74, 6) is 0.0782. The van der Waals surface area contributed by atoms with Crippen molar-refractivity contribution in [3.05, 3.63) is 47.6 Å². The fraction of sp³-hybridized carbons (Fsp3) is 0.480. The van der Waals surface area contributed by atoms with E-state index in [4.69, 9.17) is 4.74 Å². The molecule has 1 saturated carbocycles. The van der Waals surface area contributed by atoms with Crippen LogP contribution in [0.5, 0.6) is 5.88 Å². The van der Waals surface area contributed by atoms with Gasteiger partial charge >= 0.3 is 0 Å². The molecule has 2 fully saturated rings. The van der Waals surface area contributed by atoms with Crippen molar-refractivity contribution in [2.24, 2.45) is 0 Å². The average Bonchev–Trinajstić information content (AvgIpc) is 3.67. The highest BCUT2D eigenvalue weighted by molar-refractivity contribution is 7.93. The van der Waals surface area contributed by atoms with E-state index in [1.165, 1.54) is 17.5 Å². The molecule has 38 heavy (non-hydrogen) atoms. The number of piperidine rings is 1. The molecule has 1 saturated heterocycles. The topological polar surface area (TPSA) is 148 Å². The number of nitrogens with one attached hydrogen (secondary N) is 3. The smallest absolute Gasteiger partial charge is 0.280 e. The Morgan fingerprint density at radius 1 is 1.21 bits per heavy atom. The summed E-state index contributed by atoms with van der Waals surface area (Å²) in [5, 5.41) is 6.56. The van der Waals surface area contributed by atoms with Gasteiger partial charge in [-0.1, -0.05) is 6.42 Å². The van der Waals surface area contributed by atoms with Crippen molar-refractivity contribution in [2.45, 2.75) is 62.8 Å². The molecule has 0 unspecified atom stereocenters. The normalized spacial score (nSPS) is 18.5. The highest BCUT2D eigenvalue weighted by atomic mass is 32.2. The number of pyridine rings is 1. The molecule has 202 valence electrons. The number of aromatic nitrogens is 4. The SMILES string of the molecule is CCOc1cncc(-c2cnc(C(=O)N[C@H](C[C@H]3CCCCN3)c3cc(NS(=O)(=O)C4CC4)ccn3)s2)n1. The maximum absolute atomic E-state index is 13.3. The lowest BCUT2D eigenvalue weighted by molar-refractivity contribution is 0.0929. The number of amides is 1. The Hall–Kier alpha value is -3.16. The molecule has 3 N–H and O–H groups in total. The summed E-state index contributed by atoms with van der Waals surface area (Å²) < 4.78 is 33.0. The zero-order valence-electron chi connectivity index (χ0n) is 21.1. The number of carbonyl (C=O) groups is 1. The van der Waals surface area contributed by atoms with E-state index >= 15 is 0 Å². The van der Waals surface area contributed by atoms with Crippen LogP contribution >= 0.6 is 11.3 Å². The van der Waals surface area contributed by atoms with Crippen LogP contribution in [-0.2, 0) is 10.0 Å². The molecule has 0 spiro atoms. The molecule has 11 nitrogen and oxygen atoms in total. The molecule has 1 amide bonds. The molecule has 1 aliphatic heterocycles. The summed E-state index contributed by atoms with van der Waals surface area (Å²) in [7, 11) is -3.41. The van der Waals surface area contributed by atoms with Crippen LogP contribution < -0.4 is 20.1 Å². The van der Waals surface area contributed by atoms with Crippen LogP contribution in [0.25, 0.3) is 10.6 Å². The molecular weight excluding hydrogens is 526 g/mol. The Kier molecular flexibility index (Phi) is 8.15. The van der Waals surface area contributed by atoms with Crippen molar-refractivity contribution >= 4 is 33.0 Å². The molecule has 3 aromatic rings. The summed E-state index contributed by atoms with van der Waals surface area (Å²) in [6.45, 7) is 3.27. The molecule has 13 heteroatoms. The van der Waals surface area contributed by atoms with Crippen molar-refractivity contribution < 1.29 is 17.9 Å². The Morgan fingerprint density at radius 2 is 2.08 bits per heavy atom. The van der Waals surface area contributed by atoms with E-state index in [1.807, 2.05) is 6.92 Å². The van der Waals surface area contributed by atoms with Gasteiger partial charge in [-0.15, -0.1) is 11.3 Å². The van der Waals surface area contributed by atoms with Crippen LogP contribution in [0.2, 0.25) is 0 Å². The minimum absolute atomic E-state index is 0.214. The number of carbonyl (C=O) groups excluding carboxylic acids is 1. The molecule has 5 rings (SSSR count). The van der Waals surface area contributed by atoms with Crippen LogP contribution in [0.4, 0.5) is 5.69 Å². The second-order valence-corrected chi connectivity index (χ2v) is 12.4. The van der Waals surface area contributed by atoms with E-state index in [0.717, 1.165) is 25.8 Å². The van der Waals surface area contributed by atoms with Crippen LogP contribution in [0.1, 0.15) is 67.0 Å². The Bertz CT molecular complexity index is 1370. The number of sulfonamides is 1. The van der Waals surface area contributed by atoms with Crippen molar-refractivity contribution in [3.63, 3.8) is 0 Å².